The summed E-state index contributed by atoms with van der Waals surface area (Å²) in [6.45, 7) is 3.12. The smallest absolute Gasteiger partial charge is 0.309 e. The number of carbonyl (C=O) groups excluding carboxylic acids is 1. The van der Waals surface area contributed by atoms with Gasteiger partial charge in [-0.1, -0.05) is 43.7 Å². The molecule has 0 aromatic heterocycles. The Morgan fingerprint density at radius 1 is 1.19 bits per heavy atom. The number of nitrogens with zero attached hydrogens (tertiary/aromatic N) is 1. The number of piperidine rings is 1. The van der Waals surface area contributed by atoms with E-state index in [1.54, 1.807) is 0 Å². The van der Waals surface area contributed by atoms with Gasteiger partial charge < -0.3 is 10.0 Å². The minimum atomic E-state index is -0.709. The second kappa shape index (κ2) is 6.74. The highest BCUT2D eigenvalue weighted by Crippen LogP contribution is 2.36. The van der Waals surface area contributed by atoms with Crippen molar-refractivity contribution in [2.45, 2.75) is 39.0 Å². The molecule has 0 radical (unpaired) electrons. The van der Waals surface area contributed by atoms with Gasteiger partial charge in [0.15, 0.2) is 0 Å². The minimum absolute atomic E-state index is 0.0942. The predicted molar refractivity (Wildman–Crippen MR) is 80.9 cm³/mol. The number of hydrogen-bond donors (Lipinski definition) is 1. The van der Waals surface area contributed by atoms with Crippen molar-refractivity contribution in [3.05, 3.63) is 35.9 Å². The van der Waals surface area contributed by atoms with Crippen molar-refractivity contribution in [3.63, 3.8) is 0 Å². The Hall–Kier alpha value is -1.84. The molecule has 1 N–H and O–H groups in total. The van der Waals surface area contributed by atoms with Gasteiger partial charge in [0.05, 0.1) is 11.8 Å². The molecule has 1 aromatic carbocycles. The molecule has 21 heavy (non-hydrogen) atoms. The molecule has 1 fully saturated rings. The van der Waals surface area contributed by atoms with Gasteiger partial charge in [0.2, 0.25) is 5.91 Å². The quantitative estimate of drug-likeness (QED) is 0.906. The molecule has 1 amide bonds. The SMILES string of the molecule is CCCC1(C(=O)O)CCN(C(=O)Cc2ccccc2)CC1. The van der Waals surface area contributed by atoms with Gasteiger partial charge in [-0.3, -0.25) is 9.59 Å². The van der Waals surface area contributed by atoms with Crippen LogP contribution in [0.1, 0.15) is 38.2 Å². The summed E-state index contributed by atoms with van der Waals surface area (Å²) in [5.41, 5.74) is 0.379. The predicted octanol–water partition coefficient (Wildman–Crippen LogP) is 2.72. The van der Waals surface area contributed by atoms with E-state index in [-0.39, 0.29) is 5.91 Å². The van der Waals surface area contributed by atoms with Crippen LogP contribution >= 0.6 is 0 Å². The maximum Gasteiger partial charge on any atom is 0.309 e. The molecule has 114 valence electrons. The minimum Gasteiger partial charge on any atom is -0.481 e. The first kappa shape index (κ1) is 15.5. The lowest BCUT2D eigenvalue weighted by molar-refractivity contribution is -0.154. The Bertz CT molecular complexity index is 490. The van der Waals surface area contributed by atoms with Crippen molar-refractivity contribution in [2.75, 3.05) is 13.1 Å². The first-order valence-corrected chi connectivity index (χ1v) is 7.62. The zero-order valence-electron chi connectivity index (χ0n) is 12.5. The second-order valence-corrected chi connectivity index (χ2v) is 5.88. The van der Waals surface area contributed by atoms with Crippen molar-refractivity contribution < 1.29 is 14.7 Å². The molecule has 0 unspecified atom stereocenters. The van der Waals surface area contributed by atoms with Crippen LogP contribution in [0.5, 0.6) is 0 Å². The summed E-state index contributed by atoms with van der Waals surface area (Å²) >= 11 is 0. The molecule has 0 bridgehead atoms. The van der Waals surface area contributed by atoms with E-state index in [1.807, 2.05) is 42.2 Å². The molecule has 0 saturated carbocycles. The van der Waals surface area contributed by atoms with E-state index in [4.69, 9.17) is 0 Å². The van der Waals surface area contributed by atoms with E-state index >= 15 is 0 Å². The summed E-state index contributed by atoms with van der Waals surface area (Å²) in [5, 5.41) is 9.48. The highest BCUT2D eigenvalue weighted by atomic mass is 16.4. The van der Waals surface area contributed by atoms with Crippen LogP contribution in [-0.2, 0) is 16.0 Å². The van der Waals surface area contributed by atoms with Crippen LogP contribution in [0.2, 0.25) is 0 Å². The highest BCUT2D eigenvalue weighted by Gasteiger charge is 2.41. The van der Waals surface area contributed by atoms with E-state index in [0.717, 1.165) is 12.0 Å². The Kier molecular flexibility index (Phi) is 4.99. The zero-order valence-corrected chi connectivity index (χ0v) is 12.5. The normalized spacial score (nSPS) is 17.5. The van der Waals surface area contributed by atoms with Crippen molar-refractivity contribution in [2.24, 2.45) is 5.41 Å². The Balaban J connectivity index is 1.94. The molecule has 4 nitrogen and oxygen atoms in total. The molecular formula is C17H23NO3. The van der Waals surface area contributed by atoms with E-state index in [0.29, 0.717) is 38.8 Å². The lowest BCUT2D eigenvalue weighted by Crippen LogP contribution is -2.47. The summed E-state index contributed by atoms with van der Waals surface area (Å²) in [5.74, 6) is -0.615. The van der Waals surface area contributed by atoms with Crippen LogP contribution in [0.4, 0.5) is 0 Å². The summed E-state index contributed by atoms with van der Waals surface area (Å²) in [6.07, 6.45) is 3.09. The number of hydrogen-bond acceptors (Lipinski definition) is 2. The highest BCUT2D eigenvalue weighted by molar-refractivity contribution is 5.80. The largest absolute Gasteiger partial charge is 0.481 e. The van der Waals surface area contributed by atoms with Gasteiger partial charge >= 0.3 is 5.97 Å². The number of benzene rings is 1. The van der Waals surface area contributed by atoms with Gasteiger partial charge in [0.1, 0.15) is 0 Å². The van der Waals surface area contributed by atoms with Gasteiger partial charge in [-0.15, -0.1) is 0 Å². The number of likely N-dealkylation sites (tertiary alicyclic amines) is 1. The monoisotopic (exact) mass is 289 g/mol. The average Bonchev–Trinajstić information content (AvgIpc) is 2.49. The van der Waals surface area contributed by atoms with E-state index < -0.39 is 11.4 Å². The first-order chi connectivity index (χ1) is 10.1. The zero-order chi connectivity index (χ0) is 15.3. The van der Waals surface area contributed by atoms with Crippen LogP contribution < -0.4 is 0 Å². The third kappa shape index (κ3) is 3.63. The molecule has 0 aliphatic carbocycles. The Labute approximate surface area is 125 Å². The first-order valence-electron chi connectivity index (χ1n) is 7.62. The third-order valence-corrected chi connectivity index (χ3v) is 4.45. The fourth-order valence-electron chi connectivity index (χ4n) is 3.12. The van der Waals surface area contributed by atoms with Crippen LogP contribution in [0.15, 0.2) is 30.3 Å². The van der Waals surface area contributed by atoms with Crippen LogP contribution in [0.25, 0.3) is 0 Å². The van der Waals surface area contributed by atoms with Gasteiger partial charge in [-0.05, 0) is 24.8 Å². The summed E-state index contributed by atoms with van der Waals surface area (Å²) in [6, 6.07) is 9.67. The number of rotatable bonds is 5. The Morgan fingerprint density at radius 2 is 1.81 bits per heavy atom. The van der Waals surface area contributed by atoms with Crippen molar-refractivity contribution in [3.8, 4) is 0 Å². The number of amides is 1. The third-order valence-electron chi connectivity index (χ3n) is 4.45. The van der Waals surface area contributed by atoms with Gasteiger partial charge in [0.25, 0.3) is 0 Å². The standard InChI is InChI=1S/C17H23NO3/c1-2-8-17(16(20)21)9-11-18(12-10-17)15(19)13-14-6-4-3-5-7-14/h3-7H,2,8-13H2,1H3,(H,20,21). The molecule has 1 aliphatic heterocycles. The van der Waals surface area contributed by atoms with Crippen LogP contribution in [0, 0.1) is 5.41 Å². The van der Waals surface area contributed by atoms with Crippen molar-refractivity contribution >= 4 is 11.9 Å². The van der Waals surface area contributed by atoms with E-state index in [2.05, 4.69) is 0 Å². The topological polar surface area (TPSA) is 57.6 Å². The fraction of sp³-hybridized carbons (Fsp3) is 0.529. The molecule has 1 saturated heterocycles. The number of carboxylic acids is 1. The lowest BCUT2D eigenvalue weighted by Gasteiger charge is -2.39. The molecule has 0 spiro atoms. The molecule has 1 aromatic rings. The number of aliphatic carboxylic acids is 1. The summed E-state index contributed by atoms with van der Waals surface area (Å²) < 4.78 is 0. The van der Waals surface area contributed by atoms with Gasteiger partial charge in [-0.25, -0.2) is 0 Å². The van der Waals surface area contributed by atoms with Crippen molar-refractivity contribution in [1.82, 2.24) is 4.90 Å². The molecular weight excluding hydrogens is 266 g/mol. The van der Waals surface area contributed by atoms with Crippen LogP contribution in [-0.4, -0.2) is 35.0 Å². The molecule has 1 aliphatic rings. The average molecular weight is 289 g/mol. The maximum atomic E-state index is 12.3. The second-order valence-electron chi connectivity index (χ2n) is 5.88. The number of carbonyl (C=O) groups is 2. The fourth-order valence-corrected chi connectivity index (χ4v) is 3.12. The molecule has 4 heteroatoms. The molecule has 2 rings (SSSR count). The Morgan fingerprint density at radius 3 is 2.33 bits per heavy atom. The summed E-state index contributed by atoms with van der Waals surface area (Å²) in [7, 11) is 0. The van der Waals surface area contributed by atoms with Crippen molar-refractivity contribution in [1.29, 1.82) is 0 Å². The number of carboxylic acid groups (broad SMARTS) is 1. The maximum absolute atomic E-state index is 12.3. The molecule has 0 atom stereocenters. The lowest BCUT2D eigenvalue weighted by atomic mass is 9.75. The van der Waals surface area contributed by atoms with Gasteiger partial charge in [0, 0.05) is 13.1 Å². The van der Waals surface area contributed by atoms with Crippen LogP contribution in [0.3, 0.4) is 0 Å². The molecule has 1 heterocycles. The van der Waals surface area contributed by atoms with E-state index in [9.17, 15) is 14.7 Å². The summed E-state index contributed by atoms with van der Waals surface area (Å²) in [4.78, 5) is 25.6. The van der Waals surface area contributed by atoms with E-state index in [1.165, 1.54) is 0 Å². The van der Waals surface area contributed by atoms with Gasteiger partial charge in [-0.2, -0.15) is 0 Å².